The molecule has 1 heterocycles. The molecular formula is C22H28FN3O. The van der Waals surface area contributed by atoms with Gasteiger partial charge in [0.15, 0.2) is 0 Å². The van der Waals surface area contributed by atoms with E-state index in [4.69, 9.17) is 5.73 Å². The van der Waals surface area contributed by atoms with E-state index in [2.05, 4.69) is 17.0 Å². The lowest BCUT2D eigenvalue weighted by Crippen LogP contribution is -2.45. The SMILES string of the molecule is CC(C(=O)N(C)Cc1cccc(F)c1)N1C[C@@H](CN)[C@H](c2ccccc2)C1. The number of carbonyl (C=O) groups excluding carboxylic acids is 1. The molecule has 5 heteroatoms. The Morgan fingerprint density at radius 1 is 1.22 bits per heavy atom. The number of hydrogen-bond acceptors (Lipinski definition) is 3. The Morgan fingerprint density at radius 3 is 2.63 bits per heavy atom. The Kier molecular flexibility index (Phi) is 6.24. The average molecular weight is 369 g/mol. The van der Waals surface area contributed by atoms with Crippen molar-refractivity contribution in [3.05, 3.63) is 71.5 Å². The number of nitrogens with zero attached hydrogens (tertiary/aromatic N) is 2. The molecule has 0 saturated carbocycles. The van der Waals surface area contributed by atoms with Gasteiger partial charge in [0.05, 0.1) is 6.04 Å². The van der Waals surface area contributed by atoms with Crippen LogP contribution < -0.4 is 5.73 Å². The van der Waals surface area contributed by atoms with E-state index in [0.717, 1.165) is 18.7 Å². The van der Waals surface area contributed by atoms with Crippen LogP contribution >= 0.6 is 0 Å². The van der Waals surface area contributed by atoms with Crippen LogP contribution in [0.3, 0.4) is 0 Å². The summed E-state index contributed by atoms with van der Waals surface area (Å²) in [7, 11) is 1.77. The summed E-state index contributed by atoms with van der Waals surface area (Å²) in [6, 6.07) is 16.5. The van der Waals surface area contributed by atoms with Crippen molar-refractivity contribution in [3.63, 3.8) is 0 Å². The summed E-state index contributed by atoms with van der Waals surface area (Å²) in [6.07, 6.45) is 0. The second-order valence-electron chi connectivity index (χ2n) is 7.47. The molecule has 0 bridgehead atoms. The molecule has 2 aromatic carbocycles. The quantitative estimate of drug-likeness (QED) is 0.852. The number of amides is 1. The van der Waals surface area contributed by atoms with Crippen LogP contribution in [-0.2, 0) is 11.3 Å². The van der Waals surface area contributed by atoms with Crippen molar-refractivity contribution < 1.29 is 9.18 Å². The highest BCUT2D eigenvalue weighted by Crippen LogP contribution is 2.33. The van der Waals surface area contributed by atoms with Crippen LogP contribution in [0.1, 0.15) is 24.0 Å². The van der Waals surface area contributed by atoms with Crippen molar-refractivity contribution in [2.24, 2.45) is 11.7 Å². The van der Waals surface area contributed by atoms with E-state index in [9.17, 15) is 9.18 Å². The van der Waals surface area contributed by atoms with Gasteiger partial charge in [0.2, 0.25) is 5.91 Å². The first-order chi connectivity index (χ1) is 13.0. The number of benzene rings is 2. The van der Waals surface area contributed by atoms with Gasteiger partial charge in [-0.3, -0.25) is 9.69 Å². The fourth-order valence-corrected chi connectivity index (χ4v) is 4.00. The topological polar surface area (TPSA) is 49.6 Å². The first-order valence-corrected chi connectivity index (χ1v) is 9.48. The number of hydrogen-bond donors (Lipinski definition) is 1. The molecule has 0 spiro atoms. The molecule has 1 aliphatic heterocycles. The largest absolute Gasteiger partial charge is 0.340 e. The average Bonchev–Trinajstić information content (AvgIpc) is 3.12. The summed E-state index contributed by atoms with van der Waals surface area (Å²) in [5, 5.41) is 0. The van der Waals surface area contributed by atoms with Gasteiger partial charge in [-0.15, -0.1) is 0 Å². The number of carbonyl (C=O) groups is 1. The second-order valence-corrected chi connectivity index (χ2v) is 7.47. The zero-order valence-electron chi connectivity index (χ0n) is 16.0. The van der Waals surface area contributed by atoms with Gasteiger partial charge in [0.1, 0.15) is 5.82 Å². The monoisotopic (exact) mass is 369 g/mol. The van der Waals surface area contributed by atoms with Gasteiger partial charge in [-0.2, -0.15) is 0 Å². The Balaban J connectivity index is 1.66. The van der Waals surface area contributed by atoms with E-state index >= 15 is 0 Å². The van der Waals surface area contributed by atoms with Crippen LogP contribution in [0.15, 0.2) is 54.6 Å². The van der Waals surface area contributed by atoms with E-state index in [1.165, 1.54) is 17.7 Å². The molecule has 0 aliphatic carbocycles. The third-order valence-electron chi connectivity index (χ3n) is 5.59. The summed E-state index contributed by atoms with van der Waals surface area (Å²) in [6.45, 7) is 4.60. The van der Waals surface area contributed by atoms with Crippen LogP contribution in [0.25, 0.3) is 0 Å². The summed E-state index contributed by atoms with van der Waals surface area (Å²) >= 11 is 0. The molecule has 27 heavy (non-hydrogen) atoms. The van der Waals surface area contributed by atoms with E-state index in [-0.39, 0.29) is 17.8 Å². The van der Waals surface area contributed by atoms with E-state index in [0.29, 0.717) is 24.9 Å². The Bertz CT molecular complexity index is 767. The minimum Gasteiger partial charge on any atom is -0.340 e. The summed E-state index contributed by atoms with van der Waals surface area (Å²) in [4.78, 5) is 16.8. The van der Waals surface area contributed by atoms with Crippen molar-refractivity contribution >= 4 is 5.91 Å². The minimum atomic E-state index is -0.280. The Labute approximate surface area is 160 Å². The van der Waals surface area contributed by atoms with Crippen LogP contribution in [0.4, 0.5) is 4.39 Å². The normalized spacial score (nSPS) is 21.2. The molecule has 1 amide bonds. The van der Waals surface area contributed by atoms with Crippen molar-refractivity contribution in [1.29, 1.82) is 0 Å². The van der Waals surface area contributed by atoms with Crippen LogP contribution in [-0.4, -0.2) is 48.4 Å². The lowest BCUT2D eigenvalue weighted by atomic mass is 9.89. The van der Waals surface area contributed by atoms with Crippen molar-refractivity contribution in [2.75, 3.05) is 26.7 Å². The first-order valence-electron chi connectivity index (χ1n) is 9.48. The maximum absolute atomic E-state index is 13.4. The van der Waals surface area contributed by atoms with E-state index in [1.807, 2.05) is 31.2 Å². The highest BCUT2D eigenvalue weighted by molar-refractivity contribution is 5.81. The first kappa shape index (κ1) is 19.5. The molecular weight excluding hydrogens is 341 g/mol. The molecule has 4 nitrogen and oxygen atoms in total. The molecule has 1 fully saturated rings. The van der Waals surface area contributed by atoms with Gasteiger partial charge in [-0.1, -0.05) is 42.5 Å². The van der Waals surface area contributed by atoms with Crippen molar-refractivity contribution in [1.82, 2.24) is 9.80 Å². The van der Waals surface area contributed by atoms with Crippen LogP contribution in [0, 0.1) is 11.7 Å². The fraction of sp³-hybridized carbons (Fsp3) is 0.409. The van der Waals surface area contributed by atoms with E-state index < -0.39 is 0 Å². The van der Waals surface area contributed by atoms with Gasteiger partial charge >= 0.3 is 0 Å². The van der Waals surface area contributed by atoms with Crippen LogP contribution in [0.2, 0.25) is 0 Å². The zero-order chi connectivity index (χ0) is 19.4. The van der Waals surface area contributed by atoms with E-state index in [1.54, 1.807) is 18.0 Å². The van der Waals surface area contributed by atoms with Gasteiger partial charge in [0, 0.05) is 32.6 Å². The minimum absolute atomic E-state index is 0.0451. The van der Waals surface area contributed by atoms with Crippen molar-refractivity contribution in [3.8, 4) is 0 Å². The molecule has 1 unspecified atom stereocenters. The molecule has 3 rings (SSSR count). The number of likely N-dealkylation sites (N-methyl/N-ethyl adjacent to an activating group) is 1. The lowest BCUT2D eigenvalue weighted by Gasteiger charge is -2.28. The molecule has 2 aromatic rings. The highest BCUT2D eigenvalue weighted by Gasteiger charge is 2.37. The Morgan fingerprint density at radius 2 is 1.96 bits per heavy atom. The van der Waals surface area contributed by atoms with Gasteiger partial charge in [-0.05, 0) is 42.6 Å². The summed E-state index contributed by atoms with van der Waals surface area (Å²) in [5.74, 6) is 0.456. The molecule has 1 saturated heterocycles. The smallest absolute Gasteiger partial charge is 0.239 e. The molecule has 3 atom stereocenters. The second kappa shape index (κ2) is 8.63. The predicted molar refractivity (Wildman–Crippen MR) is 106 cm³/mol. The number of nitrogens with two attached hydrogens (primary N) is 1. The molecule has 1 aliphatic rings. The third-order valence-corrected chi connectivity index (χ3v) is 5.59. The van der Waals surface area contributed by atoms with Gasteiger partial charge < -0.3 is 10.6 Å². The molecule has 2 N–H and O–H groups in total. The third kappa shape index (κ3) is 4.54. The van der Waals surface area contributed by atoms with Crippen LogP contribution in [0.5, 0.6) is 0 Å². The van der Waals surface area contributed by atoms with Gasteiger partial charge in [-0.25, -0.2) is 4.39 Å². The zero-order valence-corrected chi connectivity index (χ0v) is 16.0. The summed E-state index contributed by atoms with van der Waals surface area (Å²) in [5.41, 5.74) is 8.09. The lowest BCUT2D eigenvalue weighted by molar-refractivity contribution is -0.135. The number of halogens is 1. The Hall–Kier alpha value is -2.24. The molecule has 0 radical (unpaired) electrons. The molecule has 144 valence electrons. The standard InChI is InChI=1S/C22H28FN3O/c1-16(22(27)25(2)13-17-7-6-10-20(23)11-17)26-14-19(12-24)21(15-26)18-8-4-3-5-9-18/h3-11,16,19,21H,12-15,24H2,1-2H3/t16?,19-,21+/m1/s1. The predicted octanol–water partition coefficient (Wildman–Crippen LogP) is 2.85. The maximum atomic E-state index is 13.4. The fourth-order valence-electron chi connectivity index (χ4n) is 4.00. The summed E-state index contributed by atoms with van der Waals surface area (Å²) < 4.78 is 13.4. The van der Waals surface area contributed by atoms with Gasteiger partial charge in [0.25, 0.3) is 0 Å². The molecule has 0 aromatic heterocycles. The number of rotatable bonds is 6. The van der Waals surface area contributed by atoms with Crippen molar-refractivity contribution in [2.45, 2.75) is 25.4 Å². The highest BCUT2D eigenvalue weighted by atomic mass is 19.1. The maximum Gasteiger partial charge on any atom is 0.239 e. The number of likely N-dealkylation sites (tertiary alicyclic amines) is 1.